The lowest BCUT2D eigenvalue weighted by Crippen LogP contribution is -2.38. The highest BCUT2D eigenvalue weighted by Gasteiger charge is 2.23. The first-order valence-electron chi connectivity index (χ1n) is 8.63. The van der Waals surface area contributed by atoms with E-state index in [0.29, 0.717) is 38.3 Å². The third-order valence-electron chi connectivity index (χ3n) is 4.43. The van der Waals surface area contributed by atoms with E-state index in [-0.39, 0.29) is 11.8 Å². The standard InChI is InChI=1S/C19H22N4O2S/c1-26-16-5-3-15(4-6-16)13-18(24)22-9-2-10-23(12-11-22)19(25)17-14-20-7-8-21-17/h3-8,14H,2,9-13H2,1H3. The largest absolute Gasteiger partial charge is 0.341 e. The van der Waals surface area contributed by atoms with Gasteiger partial charge < -0.3 is 9.80 Å². The maximum absolute atomic E-state index is 12.6. The van der Waals surface area contributed by atoms with E-state index in [0.717, 1.165) is 12.0 Å². The molecule has 1 saturated heterocycles. The number of nitrogens with zero attached hydrogens (tertiary/aromatic N) is 4. The van der Waals surface area contributed by atoms with Gasteiger partial charge in [-0.2, -0.15) is 0 Å². The maximum Gasteiger partial charge on any atom is 0.274 e. The Morgan fingerprint density at radius 3 is 2.46 bits per heavy atom. The molecule has 1 aromatic heterocycles. The zero-order valence-corrected chi connectivity index (χ0v) is 15.6. The third kappa shape index (κ3) is 4.60. The van der Waals surface area contributed by atoms with Gasteiger partial charge in [0.05, 0.1) is 12.6 Å². The van der Waals surface area contributed by atoms with Crippen LogP contribution in [0.4, 0.5) is 0 Å². The zero-order chi connectivity index (χ0) is 18.4. The molecule has 0 radical (unpaired) electrons. The van der Waals surface area contributed by atoms with E-state index < -0.39 is 0 Å². The van der Waals surface area contributed by atoms with Crippen molar-refractivity contribution in [1.82, 2.24) is 19.8 Å². The fraction of sp³-hybridized carbons (Fsp3) is 0.368. The summed E-state index contributed by atoms with van der Waals surface area (Å²) in [6, 6.07) is 8.09. The molecule has 3 rings (SSSR count). The van der Waals surface area contributed by atoms with E-state index in [9.17, 15) is 9.59 Å². The summed E-state index contributed by atoms with van der Waals surface area (Å²) in [6.45, 7) is 2.37. The predicted molar refractivity (Wildman–Crippen MR) is 101 cm³/mol. The summed E-state index contributed by atoms with van der Waals surface area (Å²) < 4.78 is 0. The van der Waals surface area contributed by atoms with Gasteiger partial charge >= 0.3 is 0 Å². The number of hydrogen-bond acceptors (Lipinski definition) is 5. The number of carbonyl (C=O) groups is 2. The van der Waals surface area contributed by atoms with Crippen molar-refractivity contribution in [1.29, 1.82) is 0 Å². The number of aromatic nitrogens is 2. The van der Waals surface area contributed by atoms with Crippen molar-refractivity contribution >= 4 is 23.6 Å². The molecule has 7 heteroatoms. The van der Waals surface area contributed by atoms with Crippen LogP contribution in [0.25, 0.3) is 0 Å². The lowest BCUT2D eigenvalue weighted by Gasteiger charge is -2.22. The van der Waals surface area contributed by atoms with Crippen molar-refractivity contribution in [2.45, 2.75) is 17.7 Å². The van der Waals surface area contributed by atoms with E-state index in [1.165, 1.54) is 17.3 Å². The van der Waals surface area contributed by atoms with Gasteiger partial charge in [0.25, 0.3) is 5.91 Å². The Morgan fingerprint density at radius 2 is 1.77 bits per heavy atom. The fourth-order valence-electron chi connectivity index (χ4n) is 2.97. The molecule has 0 N–H and O–H groups in total. The first-order chi connectivity index (χ1) is 12.7. The van der Waals surface area contributed by atoms with Gasteiger partial charge in [-0.1, -0.05) is 12.1 Å². The summed E-state index contributed by atoms with van der Waals surface area (Å²) in [5.74, 6) is -0.0178. The minimum atomic E-state index is -0.125. The second-order valence-electron chi connectivity index (χ2n) is 6.14. The van der Waals surface area contributed by atoms with Crippen LogP contribution >= 0.6 is 11.8 Å². The lowest BCUT2D eigenvalue weighted by atomic mass is 10.1. The number of benzene rings is 1. The van der Waals surface area contributed by atoms with Crippen molar-refractivity contribution < 1.29 is 9.59 Å². The van der Waals surface area contributed by atoms with Crippen LogP contribution in [-0.2, 0) is 11.2 Å². The molecule has 2 amide bonds. The van der Waals surface area contributed by atoms with Gasteiger partial charge in [0.2, 0.25) is 5.91 Å². The molecule has 1 aliphatic heterocycles. The Balaban J connectivity index is 1.57. The summed E-state index contributed by atoms with van der Waals surface area (Å²) >= 11 is 1.69. The van der Waals surface area contributed by atoms with Crippen molar-refractivity contribution in [2.24, 2.45) is 0 Å². The molecule has 0 spiro atoms. The Labute approximate surface area is 157 Å². The Kier molecular flexibility index (Phi) is 6.22. The fourth-order valence-corrected chi connectivity index (χ4v) is 3.38. The number of thioether (sulfide) groups is 1. The Hall–Kier alpha value is -2.41. The van der Waals surface area contributed by atoms with E-state index in [2.05, 4.69) is 9.97 Å². The maximum atomic E-state index is 12.6. The number of hydrogen-bond donors (Lipinski definition) is 0. The van der Waals surface area contributed by atoms with Crippen LogP contribution in [0.1, 0.15) is 22.5 Å². The molecule has 1 aromatic carbocycles. The second-order valence-corrected chi connectivity index (χ2v) is 7.02. The molecule has 2 heterocycles. The highest BCUT2D eigenvalue weighted by molar-refractivity contribution is 7.98. The molecule has 1 aliphatic rings. The first-order valence-corrected chi connectivity index (χ1v) is 9.86. The SMILES string of the molecule is CSc1ccc(CC(=O)N2CCCN(C(=O)c3cnccn3)CC2)cc1. The third-order valence-corrected chi connectivity index (χ3v) is 5.18. The van der Waals surface area contributed by atoms with Crippen LogP contribution in [0.2, 0.25) is 0 Å². The van der Waals surface area contributed by atoms with Gasteiger partial charge in [0.15, 0.2) is 0 Å². The molecule has 2 aromatic rings. The van der Waals surface area contributed by atoms with Crippen LogP contribution < -0.4 is 0 Å². The van der Waals surface area contributed by atoms with Gasteiger partial charge in [0.1, 0.15) is 5.69 Å². The molecule has 0 unspecified atom stereocenters. The average Bonchev–Trinajstić information content (AvgIpc) is 2.95. The van der Waals surface area contributed by atoms with Crippen LogP contribution in [-0.4, -0.2) is 64.0 Å². The quantitative estimate of drug-likeness (QED) is 0.771. The number of amides is 2. The van der Waals surface area contributed by atoms with Gasteiger partial charge in [-0.05, 0) is 30.4 Å². The van der Waals surface area contributed by atoms with Crippen LogP contribution in [0.15, 0.2) is 47.8 Å². The summed E-state index contributed by atoms with van der Waals surface area (Å²) in [4.78, 5) is 37.9. The first kappa shape index (κ1) is 18.4. The molecular formula is C19H22N4O2S. The molecule has 0 atom stereocenters. The van der Waals surface area contributed by atoms with Crippen molar-refractivity contribution in [3.63, 3.8) is 0 Å². The van der Waals surface area contributed by atoms with Crippen LogP contribution in [0, 0.1) is 0 Å². The van der Waals surface area contributed by atoms with E-state index in [1.54, 1.807) is 22.9 Å². The summed E-state index contributed by atoms with van der Waals surface area (Å²) in [6.07, 6.45) is 7.74. The molecule has 6 nitrogen and oxygen atoms in total. The number of carbonyl (C=O) groups excluding carboxylic acids is 2. The number of rotatable bonds is 4. The monoisotopic (exact) mass is 370 g/mol. The van der Waals surface area contributed by atoms with Gasteiger partial charge in [-0.3, -0.25) is 14.6 Å². The molecular weight excluding hydrogens is 348 g/mol. The molecule has 136 valence electrons. The molecule has 0 saturated carbocycles. The molecule has 1 fully saturated rings. The minimum Gasteiger partial charge on any atom is -0.341 e. The van der Waals surface area contributed by atoms with Crippen molar-refractivity contribution in [2.75, 3.05) is 32.4 Å². The van der Waals surface area contributed by atoms with Gasteiger partial charge in [0, 0.05) is 43.5 Å². The van der Waals surface area contributed by atoms with Crippen LogP contribution in [0.5, 0.6) is 0 Å². The average molecular weight is 370 g/mol. The predicted octanol–water partition coefficient (Wildman–Crippen LogP) is 2.12. The van der Waals surface area contributed by atoms with Crippen LogP contribution in [0.3, 0.4) is 0 Å². The van der Waals surface area contributed by atoms with Gasteiger partial charge in [-0.15, -0.1) is 11.8 Å². The lowest BCUT2D eigenvalue weighted by molar-refractivity contribution is -0.130. The highest BCUT2D eigenvalue weighted by atomic mass is 32.2. The second kappa shape index (κ2) is 8.80. The van der Waals surface area contributed by atoms with Crippen molar-refractivity contribution in [3.8, 4) is 0 Å². The minimum absolute atomic E-state index is 0.107. The topological polar surface area (TPSA) is 66.4 Å². The smallest absolute Gasteiger partial charge is 0.274 e. The highest BCUT2D eigenvalue weighted by Crippen LogP contribution is 2.16. The summed E-state index contributed by atoms with van der Waals surface area (Å²) in [5, 5.41) is 0. The van der Waals surface area contributed by atoms with E-state index >= 15 is 0 Å². The van der Waals surface area contributed by atoms with Gasteiger partial charge in [-0.25, -0.2) is 4.98 Å². The molecule has 0 bridgehead atoms. The zero-order valence-electron chi connectivity index (χ0n) is 14.8. The molecule has 26 heavy (non-hydrogen) atoms. The van der Waals surface area contributed by atoms with Crippen molar-refractivity contribution in [3.05, 3.63) is 54.1 Å². The summed E-state index contributed by atoms with van der Waals surface area (Å²) in [7, 11) is 0. The normalized spacial score (nSPS) is 14.8. The Bertz CT molecular complexity index is 752. The molecule has 0 aliphatic carbocycles. The Morgan fingerprint density at radius 1 is 1.04 bits per heavy atom. The summed E-state index contributed by atoms with van der Waals surface area (Å²) in [5.41, 5.74) is 1.37. The van der Waals surface area contributed by atoms with E-state index in [1.807, 2.05) is 35.4 Å². The van der Waals surface area contributed by atoms with E-state index in [4.69, 9.17) is 0 Å².